The highest BCUT2D eigenvalue weighted by molar-refractivity contribution is 9.11. The fraction of sp³-hybridized carbons (Fsp3) is 0.250. The Hall–Kier alpha value is -0.710. The van der Waals surface area contributed by atoms with Crippen LogP contribution in [0.15, 0.2) is 28.3 Å². The van der Waals surface area contributed by atoms with Crippen LogP contribution < -0.4 is 5.73 Å². The van der Waals surface area contributed by atoms with Crippen LogP contribution in [0.25, 0.3) is 0 Å². The summed E-state index contributed by atoms with van der Waals surface area (Å²) in [6.07, 6.45) is 3.64. The van der Waals surface area contributed by atoms with Crippen LogP contribution in [-0.4, -0.2) is 4.98 Å². The molecular formula is C12H13BrN2S. The first-order valence-electron chi connectivity index (χ1n) is 5.01. The molecule has 4 heteroatoms. The Bertz CT molecular complexity index is 488. The zero-order chi connectivity index (χ0) is 11.7. The number of nitrogens with zero attached hydrogens (tertiary/aromatic N) is 1. The lowest BCUT2D eigenvalue weighted by Gasteiger charge is -2.11. The number of pyridine rings is 1. The fourth-order valence-corrected chi connectivity index (χ4v) is 3.18. The van der Waals surface area contributed by atoms with E-state index in [9.17, 15) is 0 Å². The first kappa shape index (κ1) is 11.8. The maximum atomic E-state index is 6.25. The molecular weight excluding hydrogens is 284 g/mol. The summed E-state index contributed by atoms with van der Waals surface area (Å²) in [5, 5.41) is 0. The van der Waals surface area contributed by atoms with E-state index < -0.39 is 0 Å². The first-order valence-corrected chi connectivity index (χ1v) is 6.62. The predicted octanol–water partition coefficient (Wildman–Crippen LogP) is 3.57. The third-order valence-electron chi connectivity index (χ3n) is 2.60. The van der Waals surface area contributed by atoms with Gasteiger partial charge < -0.3 is 5.73 Å². The van der Waals surface area contributed by atoms with E-state index in [2.05, 4.69) is 40.8 Å². The van der Waals surface area contributed by atoms with Crippen molar-refractivity contribution in [3.63, 3.8) is 0 Å². The summed E-state index contributed by atoms with van der Waals surface area (Å²) in [4.78, 5) is 5.30. The maximum absolute atomic E-state index is 6.25. The van der Waals surface area contributed by atoms with Gasteiger partial charge in [0.15, 0.2) is 0 Å². The van der Waals surface area contributed by atoms with E-state index in [1.165, 1.54) is 16.0 Å². The van der Waals surface area contributed by atoms with Gasteiger partial charge in [-0.25, -0.2) is 0 Å². The fourth-order valence-electron chi connectivity index (χ4n) is 1.59. The number of aryl methyl sites for hydroxylation is 2. The molecule has 0 saturated carbocycles. The number of rotatable bonds is 2. The van der Waals surface area contributed by atoms with E-state index in [0.29, 0.717) is 0 Å². The summed E-state index contributed by atoms with van der Waals surface area (Å²) in [7, 11) is 0. The lowest BCUT2D eigenvalue weighted by Crippen LogP contribution is -2.12. The van der Waals surface area contributed by atoms with Crippen molar-refractivity contribution in [3.05, 3.63) is 49.9 Å². The Morgan fingerprint density at radius 3 is 2.69 bits per heavy atom. The minimum absolute atomic E-state index is 0.0799. The number of nitrogens with two attached hydrogens (primary N) is 1. The van der Waals surface area contributed by atoms with Crippen LogP contribution in [0.3, 0.4) is 0 Å². The zero-order valence-corrected chi connectivity index (χ0v) is 11.6. The SMILES string of the molecule is Cc1ccncc1C(N)c1cc(C)c(Br)s1. The van der Waals surface area contributed by atoms with Gasteiger partial charge in [0.1, 0.15) is 0 Å². The summed E-state index contributed by atoms with van der Waals surface area (Å²) in [6, 6.07) is 4.04. The first-order chi connectivity index (χ1) is 7.59. The molecule has 0 aliphatic carbocycles. The Morgan fingerprint density at radius 1 is 1.38 bits per heavy atom. The second-order valence-corrected chi connectivity index (χ2v) is 6.22. The van der Waals surface area contributed by atoms with Crippen LogP contribution in [-0.2, 0) is 0 Å². The highest BCUT2D eigenvalue weighted by atomic mass is 79.9. The van der Waals surface area contributed by atoms with E-state index in [1.807, 2.05) is 12.3 Å². The van der Waals surface area contributed by atoms with Crippen molar-refractivity contribution in [2.75, 3.05) is 0 Å². The van der Waals surface area contributed by atoms with Gasteiger partial charge >= 0.3 is 0 Å². The molecule has 0 bridgehead atoms. The molecule has 1 atom stereocenters. The Morgan fingerprint density at radius 2 is 2.12 bits per heavy atom. The largest absolute Gasteiger partial charge is 0.320 e. The van der Waals surface area contributed by atoms with Crippen molar-refractivity contribution in [2.45, 2.75) is 19.9 Å². The zero-order valence-electron chi connectivity index (χ0n) is 9.20. The molecule has 2 rings (SSSR count). The smallest absolute Gasteiger partial charge is 0.0731 e. The lowest BCUT2D eigenvalue weighted by atomic mass is 10.0. The molecule has 2 heterocycles. The van der Waals surface area contributed by atoms with E-state index in [0.717, 1.165) is 9.35 Å². The average molecular weight is 297 g/mol. The number of aromatic nitrogens is 1. The third kappa shape index (κ3) is 2.19. The van der Waals surface area contributed by atoms with Crippen LogP contribution in [0.4, 0.5) is 0 Å². The van der Waals surface area contributed by atoms with Crippen molar-refractivity contribution in [1.29, 1.82) is 0 Å². The summed E-state index contributed by atoms with van der Waals surface area (Å²) in [5.74, 6) is 0. The number of halogens is 1. The monoisotopic (exact) mass is 296 g/mol. The number of hydrogen-bond donors (Lipinski definition) is 1. The second-order valence-electron chi connectivity index (χ2n) is 3.82. The van der Waals surface area contributed by atoms with Crippen LogP contribution in [0.5, 0.6) is 0 Å². The van der Waals surface area contributed by atoms with Crippen molar-refractivity contribution in [2.24, 2.45) is 5.73 Å². The molecule has 1 unspecified atom stereocenters. The van der Waals surface area contributed by atoms with Crippen LogP contribution in [0, 0.1) is 13.8 Å². The van der Waals surface area contributed by atoms with Crippen molar-refractivity contribution in [1.82, 2.24) is 4.98 Å². The van der Waals surface area contributed by atoms with E-state index >= 15 is 0 Å². The van der Waals surface area contributed by atoms with E-state index in [1.54, 1.807) is 17.5 Å². The molecule has 16 heavy (non-hydrogen) atoms. The maximum Gasteiger partial charge on any atom is 0.0731 e. The summed E-state index contributed by atoms with van der Waals surface area (Å²) in [6.45, 7) is 4.14. The molecule has 0 spiro atoms. The molecule has 0 aromatic carbocycles. The highest BCUT2D eigenvalue weighted by Gasteiger charge is 2.14. The molecule has 0 aliphatic heterocycles. The third-order valence-corrected chi connectivity index (χ3v) is 4.82. The molecule has 0 amide bonds. The number of hydrogen-bond acceptors (Lipinski definition) is 3. The number of thiophene rings is 1. The van der Waals surface area contributed by atoms with Gasteiger partial charge in [-0.2, -0.15) is 0 Å². The normalized spacial score (nSPS) is 12.8. The lowest BCUT2D eigenvalue weighted by molar-refractivity contribution is 0.871. The highest BCUT2D eigenvalue weighted by Crippen LogP contribution is 2.33. The van der Waals surface area contributed by atoms with Gasteiger partial charge in [-0.3, -0.25) is 4.98 Å². The van der Waals surface area contributed by atoms with Gasteiger partial charge in [0, 0.05) is 17.3 Å². The van der Waals surface area contributed by atoms with Crippen molar-refractivity contribution < 1.29 is 0 Å². The topological polar surface area (TPSA) is 38.9 Å². The molecule has 2 N–H and O–H groups in total. The van der Waals surface area contributed by atoms with Gasteiger partial charge in [0.2, 0.25) is 0 Å². The molecule has 2 nitrogen and oxygen atoms in total. The summed E-state index contributed by atoms with van der Waals surface area (Å²) < 4.78 is 1.15. The molecule has 0 fully saturated rings. The Labute approximate surface area is 108 Å². The molecule has 2 aromatic rings. The molecule has 0 radical (unpaired) electrons. The summed E-state index contributed by atoms with van der Waals surface area (Å²) in [5.41, 5.74) is 9.76. The van der Waals surface area contributed by atoms with E-state index in [4.69, 9.17) is 5.73 Å². The van der Waals surface area contributed by atoms with E-state index in [-0.39, 0.29) is 6.04 Å². The van der Waals surface area contributed by atoms with Gasteiger partial charge in [0.05, 0.1) is 9.83 Å². The van der Waals surface area contributed by atoms with Crippen LogP contribution in [0.2, 0.25) is 0 Å². The van der Waals surface area contributed by atoms with Crippen LogP contribution in [0.1, 0.15) is 27.6 Å². The van der Waals surface area contributed by atoms with Crippen molar-refractivity contribution in [3.8, 4) is 0 Å². The minimum Gasteiger partial charge on any atom is -0.320 e. The Kier molecular flexibility index (Phi) is 3.42. The van der Waals surface area contributed by atoms with Gasteiger partial charge in [-0.1, -0.05) is 0 Å². The van der Waals surface area contributed by atoms with Gasteiger partial charge in [-0.05, 0) is 58.6 Å². The minimum atomic E-state index is -0.0799. The van der Waals surface area contributed by atoms with Crippen LogP contribution >= 0.6 is 27.3 Å². The van der Waals surface area contributed by atoms with Gasteiger partial charge in [0.25, 0.3) is 0 Å². The summed E-state index contributed by atoms with van der Waals surface area (Å²) >= 11 is 5.21. The molecule has 0 aliphatic rings. The molecule has 84 valence electrons. The quantitative estimate of drug-likeness (QED) is 0.920. The molecule has 0 saturated heterocycles. The van der Waals surface area contributed by atoms with Crippen molar-refractivity contribution >= 4 is 27.3 Å². The predicted molar refractivity (Wildman–Crippen MR) is 71.8 cm³/mol. The Balaban J connectivity index is 2.39. The molecule has 2 aromatic heterocycles. The average Bonchev–Trinajstić information content (AvgIpc) is 2.59. The second kappa shape index (κ2) is 4.65. The standard InChI is InChI=1S/C12H13BrN2S/c1-7-3-4-15-6-9(7)11(14)10-5-8(2)12(13)16-10/h3-6,11H,14H2,1-2H3. The van der Waals surface area contributed by atoms with Gasteiger partial charge in [-0.15, -0.1) is 11.3 Å².